The quantitative estimate of drug-likeness (QED) is 0.486. The van der Waals surface area contributed by atoms with Crippen LogP contribution in [0.5, 0.6) is 0 Å². The highest BCUT2D eigenvalue weighted by Crippen LogP contribution is 2.25. The van der Waals surface area contributed by atoms with Crippen LogP contribution < -0.4 is 0 Å². The zero-order valence-electron chi connectivity index (χ0n) is 12.4. The van der Waals surface area contributed by atoms with Gasteiger partial charge in [-0.05, 0) is 23.3 Å². The second kappa shape index (κ2) is 5.78. The highest BCUT2D eigenvalue weighted by atomic mass is 32.1. The number of nitrogens with one attached hydrogen (secondary N) is 1. The van der Waals surface area contributed by atoms with Crippen molar-refractivity contribution in [3.63, 3.8) is 0 Å². The van der Waals surface area contributed by atoms with Gasteiger partial charge in [0.15, 0.2) is 0 Å². The average molecular weight is 314 g/mol. The SMILES string of the molecule is S=c1[nH]c2ccccc2nc1-c1ccc(-c2ccccc2)cc1. The van der Waals surface area contributed by atoms with Gasteiger partial charge in [0.25, 0.3) is 0 Å². The first-order chi connectivity index (χ1) is 11.3. The molecular formula is C20H14N2S. The zero-order valence-corrected chi connectivity index (χ0v) is 13.2. The van der Waals surface area contributed by atoms with Crippen molar-refractivity contribution in [1.29, 1.82) is 0 Å². The van der Waals surface area contributed by atoms with Crippen LogP contribution in [0.25, 0.3) is 33.4 Å². The third kappa shape index (κ3) is 2.67. The first-order valence-electron chi connectivity index (χ1n) is 7.46. The number of H-pyrrole nitrogens is 1. The smallest absolute Gasteiger partial charge is 0.130 e. The van der Waals surface area contributed by atoms with Crippen LogP contribution in [0, 0.1) is 4.64 Å². The van der Waals surface area contributed by atoms with Gasteiger partial charge in [0.2, 0.25) is 0 Å². The monoisotopic (exact) mass is 314 g/mol. The molecule has 0 atom stereocenters. The second-order valence-corrected chi connectivity index (χ2v) is 5.78. The summed E-state index contributed by atoms with van der Waals surface area (Å²) in [5.41, 5.74) is 6.11. The number of benzene rings is 3. The van der Waals surface area contributed by atoms with Crippen LogP contribution >= 0.6 is 12.2 Å². The Hall–Kier alpha value is -2.78. The molecule has 0 radical (unpaired) electrons. The highest BCUT2D eigenvalue weighted by Gasteiger charge is 2.05. The highest BCUT2D eigenvalue weighted by molar-refractivity contribution is 7.71. The molecule has 110 valence electrons. The third-order valence-corrected chi connectivity index (χ3v) is 4.16. The Balaban J connectivity index is 1.79. The van der Waals surface area contributed by atoms with E-state index in [1.54, 1.807) is 0 Å². The lowest BCUT2D eigenvalue weighted by Crippen LogP contribution is -1.91. The van der Waals surface area contributed by atoms with E-state index in [1.807, 2.05) is 42.5 Å². The van der Waals surface area contributed by atoms with Crippen LogP contribution in [0.15, 0.2) is 78.9 Å². The van der Waals surface area contributed by atoms with E-state index in [4.69, 9.17) is 17.2 Å². The molecule has 0 amide bonds. The van der Waals surface area contributed by atoms with Gasteiger partial charge in [0.1, 0.15) is 10.3 Å². The van der Waals surface area contributed by atoms with Crippen molar-refractivity contribution in [2.75, 3.05) is 0 Å². The predicted molar refractivity (Wildman–Crippen MR) is 97.8 cm³/mol. The second-order valence-electron chi connectivity index (χ2n) is 5.38. The lowest BCUT2D eigenvalue weighted by Gasteiger charge is -2.06. The molecule has 0 saturated carbocycles. The maximum absolute atomic E-state index is 5.47. The summed E-state index contributed by atoms with van der Waals surface area (Å²) >= 11 is 5.47. The van der Waals surface area contributed by atoms with Crippen molar-refractivity contribution < 1.29 is 0 Å². The number of fused-ring (bicyclic) bond motifs is 1. The van der Waals surface area contributed by atoms with Crippen LogP contribution in [0.1, 0.15) is 0 Å². The summed E-state index contributed by atoms with van der Waals surface area (Å²) in [6.07, 6.45) is 0. The van der Waals surface area contributed by atoms with Crippen LogP contribution in [-0.2, 0) is 0 Å². The summed E-state index contributed by atoms with van der Waals surface area (Å²) in [7, 11) is 0. The van der Waals surface area contributed by atoms with Gasteiger partial charge in [-0.15, -0.1) is 0 Å². The summed E-state index contributed by atoms with van der Waals surface area (Å²) in [5, 5.41) is 0. The van der Waals surface area contributed by atoms with Crippen LogP contribution in [0.2, 0.25) is 0 Å². The maximum Gasteiger partial charge on any atom is 0.130 e. The normalized spacial score (nSPS) is 10.8. The third-order valence-electron chi connectivity index (χ3n) is 3.87. The topological polar surface area (TPSA) is 28.7 Å². The lowest BCUT2D eigenvalue weighted by atomic mass is 10.0. The van der Waals surface area contributed by atoms with Crippen molar-refractivity contribution in [2.45, 2.75) is 0 Å². The van der Waals surface area contributed by atoms with Crippen molar-refractivity contribution in [1.82, 2.24) is 9.97 Å². The maximum atomic E-state index is 5.47. The molecule has 0 saturated heterocycles. The summed E-state index contributed by atoms with van der Waals surface area (Å²) < 4.78 is 0.663. The molecule has 1 aromatic heterocycles. The molecule has 23 heavy (non-hydrogen) atoms. The van der Waals surface area contributed by atoms with E-state index < -0.39 is 0 Å². The lowest BCUT2D eigenvalue weighted by molar-refractivity contribution is 1.27. The minimum absolute atomic E-state index is 0.663. The molecule has 3 heteroatoms. The average Bonchev–Trinajstić information content (AvgIpc) is 2.62. The Morgan fingerprint density at radius 2 is 1.26 bits per heavy atom. The van der Waals surface area contributed by atoms with Gasteiger partial charge in [0, 0.05) is 5.56 Å². The number of aromatic amines is 1. The Morgan fingerprint density at radius 3 is 2.04 bits per heavy atom. The van der Waals surface area contributed by atoms with E-state index in [-0.39, 0.29) is 0 Å². The van der Waals surface area contributed by atoms with Gasteiger partial charge in [-0.1, -0.05) is 78.9 Å². The fourth-order valence-electron chi connectivity index (χ4n) is 2.68. The molecule has 4 rings (SSSR count). The molecule has 1 heterocycles. The van der Waals surface area contributed by atoms with Crippen LogP contribution in [0.3, 0.4) is 0 Å². The van der Waals surface area contributed by atoms with Gasteiger partial charge in [-0.25, -0.2) is 4.98 Å². The standard InChI is InChI=1S/C20H14N2S/c23-20-19(21-17-8-4-5-9-18(17)22-20)16-12-10-15(11-13-16)14-6-2-1-3-7-14/h1-13H,(H,22,23). The predicted octanol–water partition coefficient (Wildman–Crippen LogP) is 5.63. The van der Waals surface area contributed by atoms with E-state index in [9.17, 15) is 0 Å². The molecule has 4 aromatic rings. The van der Waals surface area contributed by atoms with E-state index in [2.05, 4.69) is 41.4 Å². The number of nitrogens with zero attached hydrogens (tertiary/aromatic N) is 1. The first-order valence-corrected chi connectivity index (χ1v) is 7.87. The fourth-order valence-corrected chi connectivity index (χ4v) is 2.95. The van der Waals surface area contributed by atoms with E-state index in [1.165, 1.54) is 11.1 Å². The van der Waals surface area contributed by atoms with Crippen LogP contribution in [0.4, 0.5) is 0 Å². The van der Waals surface area contributed by atoms with Crippen molar-refractivity contribution >= 4 is 23.3 Å². The zero-order chi connectivity index (χ0) is 15.6. The minimum atomic E-state index is 0.663. The van der Waals surface area contributed by atoms with Crippen molar-refractivity contribution in [3.05, 3.63) is 83.5 Å². The number of hydrogen-bond acceptors (Lipinski definition) is 2. The van der Waals surface area contributed by atoms with Crippen LogP contribution in [-0.4, -0.2) is 9.97 Å². The van der Waals surface area contributed by atoms with Gasteiger partial charge in [0.05, 0.1) is 11.0 Å². The molecule has 0 fully saturated rings. The van der Waals surface area contributed by atoms with Crippen molar-refractivity contribution in [2.24, 2.45) is 0 Å². The van der Waals surface area contributed by atoms with E-state index >= 15 is 0 Å². The molecule has 0 aliphatic carbocycles. The Labute approximate surface area is 139 Å². The molecule has 0 aliphatic rings. The minimum Gasteiger partial charge on any atom is -0.343 e. The largest absolute Gasteiger partial charge is 0.343 e. The fraction of sp³-hybridized carbons (Fsp3) is 0. The number of aromatic nitrogens is 2. The summed E-state index contributed by atoms with van der Waals surface area (Å²) in [6.45, 7) is 0. The summed E-state index contributed by atoms with van der Waals surface area (Å²) in [4.78, 5) is 7.97. The Kier molecular flexibility index (Phi) is 3.48. The molecule has 1 N–H and O–H groups in total. The molecule has 0 bridgehead atoms. The Morgan fingerprint density at radius 1 is 0.652 bits per heavy atom. The number of hydrogen-bond donors (Lipinski definition) is 1. The molecule has 3 aromatic carbocycles. The number of para-hydroxylation sites is 2. The molecular weight excluding hydrogens is 300 g/mol. The summed E-state index contributed by atoms with van der Waals surface area (Å²) in [5.74, 6) is 0. The van der Waals surface area contributed by atoms with Crippen molar-refractivity contribution in [3.8, 4) is 22.4 Å². The summed E-state index contributed by atoms with van der Waals surface area (Å²) in [6, 6.07) is 26.6. The van der Waals surface area contributed by atoms with Gasteiger partial charge in [-0.2, -0.15) is 0 Å². The molecule has 0 unspecified atom stereocenters. The Bertz CT molecular complexity index is 1020. The number of rotatable bonds is 2. The van der Waals surface area contributed by atoms with E-state index in [0.717, 1.165) is 22.3 Å². The first kappa shape index (κ1) is 13.9. The van der Waals surface area contributed by atoms with Gasteiger partial charge < -0.3 is 4.98 Å². The molecule has 0 spiro atoms. The molecule has 2 nitrogen and oxygen atoms in total. The molecule has 0 aliphatic heterocycles. The van der Waals surface area contributed by atoms with E-state index in [0.29, 0.717) is 4.64 Å². The van der Waals surface area contributed by atoms with Gasteiger partial charge >= 0.3 is 0 Å². The van der Waals surface area contributed by atoms with Gasteiger partial charge in [-0.3, -0.25) is 0 Å².